The lowest BCUT2D eigenvalue weighted by atomic mass is 10.1. The number of halogens is 1. The molecule has 0 spiro atoms. The highest BCUT2D eigenvalue weighted by Crippen LogP contribution is 2.03. The van der Waals surface area contributed by atoms with Gasteiger partial charge in [0.1, 0.15) is 5.82 Å². The van der Waals surface area contributed by atoms with E-state index in [1.807, 2.05) is 0 Å². The lowest BCUT2D eigenvalue weighted by Gasteiger charge is -2.06. The molecule has 18 heavy (non-hydrogen) atoms. The molecule has 0 radical (unpaired) electrons. The van der Waals surface area contributed by atoms with Gasteiger partial charge in [0.2, 0.25) is 11.8 Å². The minimum absolute atomic E-state index is 0.0391. The standard InChI is InChI=1S/C13H17FN2O2/c1-2-12(17)15-7-8-16-13(18)9-10-3-5-11(14)6-4-10/h3-6H,2,7-9H2,1H3,(H,15,17)(H,16,18). The Labute approximate surface area is 106 Å². The fourth-order valence-corrected chi connectivity index (χ4v) is 1.38. The molecule has 2 N–H and O–H groups in total. The number of benzene rings is 1. The summed E-state index contributed by atoms with van der Waals surface area (Å²) < 4.78 is 12.6. The maximum Gasteiger partial charge on any atom is 0.224 e. The highest BCUT2D eigenvalue weighted by molar-refractivity contribution is 5.78. The number of carbonyl (C=O) groups is 2. The van der Waals surface area contributed by atoms with Crippen LogP contribution in [0.1, 0.15) is 18.9 Å². The molecule has 0 atom stereocenters. The number of carbonyl (C=O) groups excluding carboxylic acids is 2. The maximum atomic E-state index is 12.6. The lowest BCUT2D eigenvalue weighted by Crippen LogP contribution is -2.35. The van der Waals surface area contributed by atoms with E-state index >= 15 is 0 Å². The monoisotopic (exact) mass is 252 g/mol. The summed E-state index contributed by atoms with van der Waals surface area (Å²) in [5.41, 5.74) is 0.756. The Kier molecular flexibility index (Phi) is 5.84. The van der Waals surface area contributed by atoms with Crippen LogP contribution < -0.4 is 10.6 Å². The molecule has 0 fully saturated rings. The molecule has 0 unspecified atom stereocenters. The van der Waals surface area contributed by atoms with Gasteiger partial charge in [-0.2, -0.15) is 0 Å². The van der Waals surface area contributed by atoms with E-state index in [4.69, 9.17) is 0 Å². The first-order valence-electron chi connectivity index (χ1n) is 5.89. The molecule has 4 nitrogen and oxygen atoms in total. The average molecular weight is 252 g/mol. The first-order valence-corrected chi connectivity index (χ1v) is 5.89. The maximum absolute atomic E-state index is 12.6. The lowest BCUT2D eigenvalue weighted by molar-refractivity contribution is -0.122. The Balaban J connectivity index is 2.21. The summed E-state index contributed by atoms with van der Waals surface area (Å²) in [5, 5.41) is 5.33. The van der Waals surface area contributed by atoms with E-state index in [0.717, 1.165) is 5.56 Å². The summed E-state index contributed by atoms with van der Waals surface area (Å²) in [6.07, 6.45) is 0.644. The molecule has 5 heteroatoms. The molecule has 0 aliphatic heterocycles. The van der Waals surface area contributed by atoms with E-state index in [1.54, 1.807) is 19.1 Å². The van der Waals surface area contributed by atoms with Crippen molar-refractivity contribution in [3.8, 4) is 0 Å². The van der Waals surface area contributed by atoms with Gasteiger partial charge in [0.15, 0.2) is 0 Å². The number of rotatable bonds is 6. The summed E-state index contributed by atoms with van der Waals surface area (Å²) in [6.45, 7) is 2.58. The molecule has 0 aromatic heterocycles. The molecule has 1 aromatic carbocycles. The molecule has 2 amide bonds. The van der Waals surface area contributed by atoms with Crippen molar-refractivity contribution in [3.63, 3.8) is 0 Å². The predicted molar refractivity (Wildman–Crippen MR) is 66.4 cm³/mol. The van der Waals surface area contributed by atoms with Crippen molar-refractivity contribution < 1.29 is 14.0 Å². The van der Waals surface area contributed by atoms with E-state index in [9.17, 15) is 14.0 Å². The summed E-state index contributed by atoms with van der Waals surface area (Å²) in [7, 11) is 0. The van der Waals surface area contributed by atoms with Gasteiger partial charge in [-0.25, -0.2) is 4.39 Å². The molecule has 0 saturated heterocycles. The largest absolute Gasteiger partial charge is 0.354 e. The SMILES string of the molecule is CCC(=O)NCCNC(=O)Cc1ccc(F)cc1. The van der Waals surface area contributed by atoms with Gasteiger partial charge in [0.25, 0.3) is 0 Å². The van der Waals surface area contributed by atoms with Gasteiger partial charge < -0.3 is 10.6 Å². The van der Waals surface area contributed by atoms with Crippen LogP contribution in [-0.4, -0.2) is 24.9 Å². The fraction of sp³-hybridized carbons (Fsp3) is 0.385. The smallest absolute Gasteiger partial charge is 0.224 e. The van der Waals surface area contributed by atoms with Crippen LogP contribution in [0.5, 0.6) is 0 Å². The van der Waals surface area contributed by atoms with Crippen LogP contribution in [0.2, 0.25) is 0 Å². The van der Waals surface area contributed by atoms with Crippen LogP contribution in [0.25, 0.3) is 0 Å². The van der Waals surface area contributed by atoms with E-state index in [-0.39, 0.29) is 24.1 Å². The predicted octanol–water partition coefficient (Wildman–Crippen LogP) is 1.01. The van der Waals surface area contributed by atoms with E-state index in [0.29, 0.717) is 19.5 Å². The van der Waals surface area contributed by atoms with E-state index in [2.05, 4.69) is 10.6 Å². The van der Waals surface area contributed by atoms with Crippen LogP contribution in [0.15, 0.2) is 24.3 Å². The minimum Gasteiger partial charge on any atom is -0.354 e. The Bertz CT molecular complexity index is 404. The van der Waals surface area contributed by atoms with Crippen molar-refractivity contribution in [3.05, 3.63) is 35.6 Å². The fourth-order valence-electron chi connectivity index (χ4n) is 1.38. The van der Waals surface area contributed by atoms with Gasteiger partial charge in [-0.3, -0.25) is 9.59 Å². The third-order valence-electron chi connectivity index (χ3n) is 2.37. The molecule has 98 valence electrons. The Morgan fingerprint density at radius 3 is 2.17 bits per heavy atom. The van der Waals surface area contributed by atoms with Gasteiger partial charge in [0.05, 0.1) is 6.42 Å². The zero-order chi connectivity index (χ0) is 13.4. The number of nitrogens with one attached hydrogen (secondary N) is 2. The molecule has 0 saturated carbocycles. The van der Waals surface area contributed by atoms with Gasteiger partial charge in [-0.05, 0) is 17.7 Å². The summed E-state index contributed by atoms with van der Waals surface area (Å²) in [5.74, 6) is -0.503. The Hall–Kier alpha value is -1.91. The van der Waals surface area contributed by atoms with Crippen LogP contribution in [-0.2, 0) is 16.0 Å². The topological polar surface area (TPSA) is 58.2 Å². The molecular weight excluding hydrogens is 235 g/mol. The van der Waals surface area contributed by atoms with Crippen LogP contribution in [0.4, 0.5) is 4.39 Å². The van der Waals surface area contributed by atoms with Gasteiger partial charge in [-0.1, -0.05) is 19.1 Å². The highest BCUT2D eigenvalue weighted by atomic mass is 19.1. The van der Waals surface area contributed by atoms with Crippen molar-refractivity contribution >= 4 is 11.8 Å². The van der Waals surface area contributed by atoms with Crippen LogP contribution in [0, 0.1) is 5.82 Å². The second-order valence-corrected chi connectivity index (χ2v) is 3.86. The first kappa shape index (κ1) is 14.2. The summed E-state index contributed by atoms with van der Waals surface area (Å²) in [4.78, 5) is 22.4. The van der Waals surface area contributed by atoms with Gasteiger partial charge in [0, 0.05) is 19.5 Å². The van der Waals surface area contributed by atoms with Gasteiger partial charge >= 0.3 is 0 Å². The van der Waals surface area contributed by atoms with Crippen molar-refractivity contribution in [2.24, 2.45) is 0 Å². The van der Waals surface area contributed by atoms with E-state index < -0.39 is 0 Å². The molecule has 1 aromatic rings. The number of amides is 2. The zero-order valence-electron chi connectivity index (χ0n) is 10.3. The molecule has 0 heterocycles. The third kappa shape index (κ3) is 5.43. The number of hydrogen-bond acceptors (Lipinski definition) is 2. The Morgan fingerprint density at radius 2 is 1.61 bits per heavy atom. The Morgan fingerprint density at radius 1 is 1.06 bits per heavy atom. The van der Waals surface area contributed by atoms with Crippen molar-refractivity contribution in [1.82, 2.24) is 10.6 Å². The first-order chi connectivity index (χ1) is 8.61. The third-order valence-corrected chi connectivity index (χ3v) is 2.37. The summed E-state index contributed by atoms with van der Waals surface area (Å²) in [6, 6.07) is 5.80. The zero-order valence-corrected chi connectivity index (χ0v) is 10.3. The minimum atomic E-state index is -0.318. The van der Waals surface area contributed by atoms with Crippen molar-refractivity contribution in [2.45, 2.75) is 19.8 Å². The van der Waals surface area contributed by atoms with Crippen LogP contribution >= 0.6 is 0 Å². The normalized spacial score (nSPS) is 9.89. The molecule has 0 aliphatic carbocycles. The highest BCUT2D eigenvalue weighted by Gasteiger charge is 2.03. The molecule has 1 rings (SSSR count). The number of hydrogen-bond donors (Lipinski definition) is 2. The van der Waals surface area contributed by atoms with Crippen molar-refractivity contribution in [1.29, 1.82) is 0 Å². The second-order valence-electron chi connectivity index (χ2n) is 3.86. The van der Waals surface area contributed by atoms with Crippen LogP contribution in [0.3, 0.4) is 0 Å². The summed E-state index contributed by atoms with van der Waals surface area (Å²) >= 11 is 0. The average Bonchev–Trinajstić information content (AvgIpc) is 2.37. The molecular formula is C13H17FN2O2. The molecule has 0 aliphatic rings. The van der Waals surface area contributed by atoms with E-state index in [1.165, 1.54) is 12.1 Å². The van der Waals surface area contributed by atoms with Gasteiger partial charge in [-0.15, -0.1) is 0 Å². The molecule has 0 bridgehead atoms. The van der Waals surface area contributed by atoms with Crippen molar-refractivity contribution in [2.75, 3.05) is 13.1 Å². The second kappa shape index (κ2) is 7.42. The quantitative estimate of drug-likeness (QED) is 0.742.